The fourth-order valence-corrected chi connectivity index (χ4v) is 3.08. The van der Waals surface area contributed by atoms with E-state index in [1.807, 2.05) is 0 Å². The lowest BCUT2D eigenvalue weighted by Gasteiger charge is -2.08. The molecule has 104 valence electrons. The standard InChI is InChI=1S/C15H16FN3S/c1-2-13-12-7-17-8-14(12)19-15(18-13)9-20-11-5-3-10(16)4-6-11/h3-6,17H,2,7-9H2,1H3. The van der Waals surface area contributed by atoms with E-state index in [1.54, 1.807) is 23.9 Å². The van der Waals surface area contributed by atoms with Gasteiger partial charge in [0.1, 0.15) is 11.6 Å². The van der Waals surface area contributed by atoms with Crippen LogP contribution in [-0.4, -0.2) is 9.97 Å². The summed E-state index contributed by atoms with van der Waals surface area (Å²) in [5, 5.41) is 3.32. The lowest BCUT2D eigenvalue weighted by atomic mass is 10.1. The highest BCUT2D eigenvalue weighted by Gasteiger charge is 2.17. The van der Waals surface area contributed by atoms with E-state index >= 15 is 0 Å². The monoisotopic (exact) mass is 289 g/mol. The molecule has 0 radical (unpaired) electrons. The molecule has 0 saturated carbocycles. The Labute approximate surface area is 122 Å². The van der Waals surface area contributed by atoms with Crippen LogP contribution in [0.15, 0.2) is 29.2 Å². The van der Waals surface area contributed by atoms with Crippen molar-refractivity contribution in [1.29, 1.82) is 0 Å². The van der Waals surface area contributed by atoms with Crippen LogP contribution in [0.25, 0.3) is 0 Å². The fraction of sp³-hybridized carbons (Fsp3) is 0.333. The van der Waals surface area contributed by atoms with Gasteiger partial charge in [0.2, 0.25) is 0 Å². The normalized spacial score (nSPS) is 13.5. The predicted octanol–water partition coefficient (Wildman–Crippen LogP) is 3.07. The largest absolute Gasteiger partial charge is 0.307 e. The zero-order valence-corrected chi connectivity index (χ0v) is 12.1. The SMILES string of the molecule is CCc1nc(CSc2ccc(F)cc2)nc2c1CNC2. The van der Waals surface area contributed by atoms with Gasteiger partial charge in [-0.1, -0.05) is 6.92 Å². The number of thioether (sulfide) groups is 1. The molecule has 2 aromatic rings. The van der Waals surface area contributed by atoms with Gasteiger partial charge in [-0.3, -0.25) is 0 Å². The Balaban J connectivity index is 1.76. The third kappa shape index (κ3) is 2.83. The van der Waals surface area contributed by atoms with Crippen LogP contribution in [0.3, 0.4) is 0 Å². The lowest BCUT2D eigenvalue weighted by molar-refractivity contribution is 0.626. The molecule has 20 heavy (non-hydrogen) atoms. The molecule has 2 heterocycles. The lowest BCUT2D eigenvalue weighted by Crippen LogP contribution is -2.04. The van der Waals surface area contributed by atoms with Crippen molar-refractivity contribution in [3.05, 3.63) is 52.9 Å². The molecule has 3 nitrogen and oxygen atoms in total. The molecule has 0 fully saturated rings. The van der Waals surface area contributed by atoms with E-state index in [9.17, 15) is 4.39 Å². The Hall–Kier alpha value is -1.46. The Morgan fingerprint density at radius 1 is 1.20 bits per heavy atom. The minimum atomic E-state index is -0.206. The van der Waals surface area contributed by atoms with E-state index in [-0.39, 0.29) is 5.82 Å². The van der Waals surface area contributed by atoms with Crippen LogP contribution in [0.4, 0.5) is 4.39 Å². The number of rotatable bonds is 4. The molecule has 0 saturated heterocycles. The second-order valence-corrected chi connectivity index (χ2v) is 5.76. The molecule has 1 aliphatic heterocycles. The van der Waals surface area contributed by atoms with Gasteiger partial charge in [0.05, 0.1) is 11.4 Å². The number of nitrogens with one attached hydrogen (secondary N) is 1. The van der Waals surface area contributed by atoms with Crippen LogP contribution in [-0.2, 0) is 25.3 Å². The number of hydrogen-bond acceptors (Lipinski definition) is 4. The molecule has 0 aliphatic carbocycles. The molecule has 1 aromatic heterocycles. The fourth-order valence-electron chi connectivity index (χ4n) is 2.33. The van der Waals surface area contributed by atoms with E-state index in [1.165, 1.54) is 17.7 Å². The number of aromatic nitrogens is 2. The van der Waals surface area contributed by atoms with Gasteiger partial charge in [-0.15, -0.1) is 11.8 Å². The molecule has 0 atom stereocenters. The quantitative estimate of drug-likeness (QED) is 0.878. The molecule has 1 aliphatic rings. The average Bonchev–Trinajstić information content (AvgIpc) is 2.94. The maximum Gasteiger partial charge on any atom is 0.139 e. The maximum atomic E-state index is 12.9. The van der Waals surface area contributed by atoms with Gasteiger partial charge in [0.15, 0.2) is 0 Å². The summed E-state index contributed by atoms with van der Waals surface area (Å²) in [6, 6.07) is 6.53. The maximum absolute atomic E-state index is 12.9. The van der Waals surface area contributed by atoms with Crippen LogP contribution in [0.5, 0.6) is 0 Å². The predicted molar refractivity (Wildman–Crippen MR) is 77.9 cm³/mol. The number of halogens is 1. The number of aryl methyl sites for hydroxylation is 1. The van der Waals surface area contributed by atoms with Crippen molar-refractivity contribution in [1.82, 2.24) is 15.3 Å². The summed E-state index contributed by atoms with van der Waals surface area (Å²) in [5.74, 6) is 1.37. The van der Waals surface area contributed by atoms with Gasteiger partial charge in [0.25, 0.3) is 0 Å². The summed E-state index contributed by atoms with van der Waals surface area (Å²) < 4.78 is 12.9. The highest BCUT2D eigenvalue weighted by Crippen LogP contribution is 2.24. The first-order valence-electron chi connectivity index (χ1n) is 6.73. The van der Waals surface area contributed by atoms with Gasteiger partial charge in [-0.25, -0.2) is 14.4 Å². The second kappa shape index (κ2) is 5.89. The van der Waals surface area contributed by atoms with Crippen LogP contribution >= 0.6 is 11.8 Å². The summed E-state index contributed by atoms with van der Waals surface area (Å²) in [7, 11) is 0. The minimum absolute atomic E-state index is 0.206. The van der Waals surface area contributed by atoms with Crippen molar-refractivity contribution >= 4 is 11.8 Å². The van der Waals surface area contributed by atoms with Crippen molar-refractivity contribution < 1.29 is 4.39 Å². The molecule has 0 bridgehead atoms. The molecule has 1 aromatic carbocycles. The second-order valence-electron chi connectivity index (χ2n) is 4.71. The number of fused-ring (bicyclic) bond motifs is 1. The molecule has 1 N–H and O–H groups in total. The third-order valence-corrected chi connectivity index (χ3v) is 4.34. The van der Waals surface area contributed by atoms with Crippen molar-refractivity contribution in [3.8, 4) is 0 Å². The molecule has 0 unspecified atom stereocenters. The van der Waals surface area contributed by atoms with Crippen molar-refractivity contribution in [2.24, 2.45) is 0 Å². The summed E-state index contributed by atoms with van der Waals surface area (Å²) in [6.45, 7) is 3.83. The van der Waals surface area contributed by atoms with E-state index in [4.69, 9.17) is 0 Å². The van der Waals surface area contributed by atoms with E-state index in [0.29, 0.717) is 5.75 Å². The van der Waals surface area contributed by atoms with Gasteiger partial charge in [-0.05, 0) is 30.7 Å². The van der Waals surface area contributed by atoms with Crippen molar-refractivity contribution in [2.75, 3.05) is 0 Å². The molecule has 0 amide bonds. The topological polar surface area (TPSA) is 37.8 Å². The van der Waals surface area contributed by atoms with E-state index in [2.05, 4.69) is 22.2 Å². The number of hydrogen-bond donors (Lipinski definition) is 1. The Kier molecular flexibility index (Phi) is 3.98. The van der Waals surface area contributed by atoms with Gasteiger partial charge in [0, 0.05) is 29.2 Å². The van der Waals surface area contributed by atoms with Crippen molar-refractivity contribution in [3.63, 3.8) is 0 Å². The minimum Gasteiger partial charge on any atom is -0.307 e. The number of nitrogens with zero attached hydrogens (tertiary/aromatic N) is 2. The summed E-state index contributed by atoms with van der Waals surface area (Å²) in [5.41, 5.74) is 3.55. The Bertz CT molecular complexity index is 613. The first kappa shape index (κ1) is 13.5. The average molecular weight is 289 g/mol. The highest BCUT2D eigenvalue weighted by molar-refractivity contribution is 7.98. The smallest absolute Gasteiger partial charge is 0.139 e. The molecule has 5 heteroatoms. The van der Waals surface area contributed by atoms with E-state index < -0.39 is 0 Å². The van der Waals surface area contributed by atoms with Crippen LogP contribution in [0.2, 0.25) is 0 Å². The summed E-state index contributed by atoms with van der Waals surface area (Å²) in [4.78, 5) is 10.3. The van der Waals surface area contributed by atoms with Crippen molar-refractivity contribution in [2.45, 2.75) is 37.1 Å². The highest BCUT2D eigenvalue weighted by atomic mass is 32.2. The molecule has 3 rings (SSSR count). The van der Waals surface area contributed by atoms with E-state index in [0.717, 1.165) is 41.6 Å². The zero-order chi connectivity index (χ0) is 13.9. The summed E-state index contributed by atoms with van der Waals surface area (Å²) >= 11 is 1.63. The van der Waals surface area contributed by atoms with Crippen LogP contribution < -0.4 is 5.32 Å². The third-order valence-electron chi connectivity index (χ3n) is 3.34. The molecular formula is C15H16FN3S. The molecular weight excluding hydrogens is 273 g/mol. The van der Waals surface area contributed by atoms with Crippen LogP contribution in [0.1, 0.15) is 29.7 Å². The Morgan fingerprint density at radius 3 is 2.75 bits per heavy atom. The van der Waals surface area contributed by atoms with Gasteiger partial charge >= 0.3 is 0 Å². The first-order valence-corrected chi connectivity index (χ1v) is 7.71. The Morgan fingerprint density at radius 2 is 2.00 bits per heavy atom. The summed E-state index contributed by atoms with van der Waals surface area (Å²) in [6.07, 6.45) is 0.931. The molecule has 0 spiro atoms. The van der Waals surface area contributed by atoms with Crippen LogP contribution in [0, 0.1) is 5.82 Å². The van der Waals surface area contributed by atoms with Gasteiger partial charge < -0.3 is 5.32 Å². The zero-order valence-electron chi connectivity index (χ0n) is 11.3. The van der Waals surface area contributed by atoms with Gasteiger partial charge in [-0.2, -0.15) is 0 Å². The number of benzene rings is 1. The first-order chi connectivity index (χ1) is 9.76.